The van der Waals surface area contributed by atoms with Crippen molar-refractivity contribution < 1.29 is 0 Å². The minimum absolute atomic E-state index is 0.759. The van der Waals surface area contributed by atoms with Gasteiger partial charge in [0.2, 0.25) is 0 Å². The van der Waals surface area contributed by atoms with Gasteiger partial charge in [-0.3, -0.25) is 0 Å². The third-order valence-electron chi connectivity index (χ3n) is 0.864. The number of aromatic nitrogens is 1. The van der Waals surface area contributed by atoms with Gasteiger partial charge in [0.1, 0.15) is 3.79 Å². The van der Waals surface area contributed by atoms with Crippen LogP contribution in [0.15, 0.2) is 3.79 Å². The summed E-state index contributed by atoms with van der Waals surface area (Å²) in [6.45, 7) is 1.89. The van der Waals surface area contributed by atoms with Crippen molar-refractivity contribution >= 4 is 33.1 Å². The quantitative estimate of drug-likeness (QED) is 0.682. The van der Waals surface area contributed by atoms with Crippen LogP contribution in [-0.2, 0) is 0 Å². The van der Waals surface area contributed by atoms with Crippen molar-refractivity contribution in [1.29, 1.82) is 0 Å². The van der Waals surface area contributed by atoms with Gasteiger partial charge >= 0.3 is 0 Å². The van der Waals surface area contributed by atoms with Crippen molar-refractivity contribution in [3.63, 3.8) is 0 Å². The molecule has 0 radical (unpaired) electrons. The summed E-state index contributed by atoms with van der Waals surface area (Å²) in [6, 6.07) is 0. The minimum Gasteiger partial charge on any atom is -0.396 e. The molecule has 0 atom stereocenters. The van der Waals surface area contributed by atoms with E-state index in [0.717, 1.165) is 15.2 Å². The van der Waals surface area contributed by atoms with E-state index in [2.05, 4.69) is 20.3 Å². The van der Waals surface area contributed by atoms with E-state index in [-0.39, 0.29) is 0 Å². The van der Waals surface area contributed by atoms with Gasteiger partial charge in [0.15, 0.2) is 0 Å². The number of anilines is 1. The first-order valence-electron chi connectivity index (χ1n) is 2.09. The molecule has 1 aromatic heterocycles. The van der Waals surface area contributed by atoms with Gasteiger partial charge in [-0.15, -0.1) is 0 Å². The summed E-state index contributed by atoms with van der Waals surface area (Å²) in [5.41, 5.74) is 7.17. The zero-order valence-electron chi connectivity index (χ0n) is 4.31. The summed E-state index contributed by atoms with van der Waals surface area (Å²) in [5, 5.41) is 0. The zero-order chi connectivity index (χ0) is 6.15. The number of hydrogen-bond acceptors (Lipinski definition) is 3. The smallest absolute Gasteiger partial charge is 0.114 e. The molecule has 0 bridgehead atoms. The van der Waals surface area contributed by atoms with Gasteiger partial charge in [-0.25, -0.2) is 0 Å². The lowest BCUT2D eigenvalue weighted by molar-refractivity contribution is 1.35. The number of aryl methyl sites for hydroxylation is 1. The lowest BCUT2D eigenvalue weighted by atomic mass is 10.4. The minimum atomic E-state index is 0.759. The first-order chi connectivity index (χ1) is 3.72. The molecule has 0 aliphatic heterocycles. The fourth-order valence-electron chi connectivity index (χ4n) is 0.349. The Morgan fingerprint density at radius 1 is 1.75 bits per heavy atom. The topological polar surface area (TPSA) is 38.9 Å². The van der Waals surface area contributed by atoms with Crippen LogP contribution < -0.4 is 5.73 Å². The van der Waals surface area contributed by atoms with Crippen LogP contribution in [0.1, 0.15) is 5.69 Å². The van der Waals surface area contributed by atoms with Crippen LogP contribution in [0.5, 0.6) is 0 Å². The second kappa shape index (κ2) is 2.03. The van der Waals surface area contributed by atoms with Crippen LogP contribution >= 0.6 is 27.5 Å². The van der Waals surface area contributed by atoms with Crippen LogP contribution in [0, 0.1) is 6.92 Å². The largest absolute Gasteiger partial charge is 0.396 e. The lowest BCUT2D eigenvalue weighted by Gasteiger charge is -1.83. The molecule has 8 heavy (non-hydrogen) atoms. The molecule has 0 aliphatic rings. The maximum atomic E-state index is 5.50. The SMILES string of the molecule is Cc1nsc(Br)c1N. The van der Waals surface area contributed by atoms with Crippen LogP contribution in [0.4, 0.5) is 5.69 Å². The molecule has 2 N–H and O–H groups in total. The molecular weight excluding hydrogens is 188 g/mol. The third-order valence-corrected chi connectivity index (χ3v) is 2.47. The highest BCUT2D eigenvalue weighted by Gasteiger charge is 2.00. The Balaban J connectivity index is 3.19. The van der Waals surface area contributed by atoms with E-state index in [1.54, 1.807) is 0 Å². The van der Waals surface area contributed by atoms with Crippen LogP contribution in [0.25, 0.3) is 0 Å². The van der Waals surface area contributed by atoms with E-state index < -0.39 is 0 Å². The summed E-state index contributed by atoms with van der Waals surface area (Å²) < 4.78 is 4.91. The van der Waals surface area contributed by atoms with E-state index in [9.17, 15) is 0 Å². The third kappa shape index (κ3) is 0.855. The van der Waals surface area contributed by atoms with Crippen molar-refractivity contribution in [2.45, 2.75) is 6.92 Å². The molecule has 0 amide bonds. The van der Waals surface area contributed by atoms with Gasteiger partial charge in [0, 0.05) is 0 Å². The Morgan fingerprint density at radius 3 is 2.50 bits per heavy atom. The fraction of sp³-hybridized carbons (Fsp3) is 0.250. The van der Waals surface area contributed by atoms with E-state index in [1.165, 1.54) is 11.5 Å². The summed E-state index contributed by atoms with van der Waals surface area (Å²) in [7, 11) is 0. The summed E-state index contributed by atoms with van der Waals surface area (Å²) >= 11 is 4.62. The van der Waals surface area contributed by atoms with E-state index in [0.29, 0.717) is 0 Å². The lowest BCUT2D eigenvalue weighted by Crippen LogP contribution is -1.84. The van der Waals surface area contributed by atoms with Crippen molar-refractivity contribution in [3.05, 3.63) is 9.48 Å². The fourth-order valence-corrected chi connectivity index (χ4v) is 1.41. The predicted octanol–water partition coefficient (Wildman–Crippen LogP) is 1.80. The van der Waals surface area contributed by atoms with Crippen LogP contribution in [0.2, 0.25) is 0 Å². The summed E-state index contributed by atoms with van der Waals surface area (Å²) in [4.78, 5) is 0. The number of rotatable bonds is 0. The highest BCUT2D eigenvalue weighted by atomic mass is 79.9. The molecule has 0 fully saturated rings. The number of hydrogen-bond donors (Lipinski definition) is 1. The van der Waals surface area contributed by atoms with Crippen molar-refractivity contribution in [2.24, 2.45) is 0 Å². The highest BCUT2D eigenvalue weighted by molar-refractivity contribution is 9.11. The molecule has 4 heteroatoms. The number of nitrogens with two attached hydrogens (primary N) is 1. The van der Waals surface area contributed by atoms with Gasteiger partial charge in [-0.1, -0.05) is 0 Å². The second-order valence-corrected chi connectivity index (χ2v) is 3.55. The maximum absolute atomic E-state index is 5.50. The molecule has 1 rings (SSSR count). The Morgan fingerprint density at radius 2 is 2.38 bits per heavy atom. The molecule has 1 aromatic rings. The normalized spacial score (nSPS) is 9.75. The summed E-state index contributed by atoms with van der Waals surface area (Å²) in [5.74, 6) is 0. The van der Waals surface area contributed by atoms with Crippen LogP contribution in [-0.4, -0.2) is 4.37 Å². The standard InChI is InChI=1S/C4H5BrN2S/c1-2-3(6)4(5)8-7-2/h6H2,1H3. The van der Waals surface area contributed by atoms with E-state index in [1.807, 2.05) is 6.92 Å². The summed E-state index contributed by atoms with van der Waals surface area (Å²) in [6.07, 6.45) is 0. The maximum Gasteiger partial charge on any atom is 0.114 e. The van der Waals surface area contributed by atoms with Gasteiger partial charge in [0.25, 0.3) is 0 Å². The molecule has 0 aromatic carbocycles. The van der Waals surface area contributed by atoms with Gasteiger partial charge in [-0.2, -0.15) is 4.37 Å². The number of halogens is 1. The molecule has 1 heterocycles. The number of nitrogen functional groups attached to an aromatic ring is 1. The van der Waals surface area contributed by atoms with E-state index >= 15 is 0 Å². The van der Waals surface area contributed by atoms with Gasteiger partial charge in [-0.05, 0) is 34.4 Å². The van der Waals surface area contributed by atoms with Crippen molar-refractivity contribution in [1.82, 2.24) is 4.37 Å². The Kier molecular flexibility index (Phi) is 1.53. The molecule has 0 unspecified atom stereocenters. The van der Waals surface area contributed by atoms with Crippen molar-refractivity contribution in [2.75, 3.05) is 5.73 Å². The second-order valence-electron chi connectivity index (χ2n) is 1.46. The van der Waals surface area contributed by atoms with Crippen LogP contribution in [0.3, 0.4) is 0 Å². The number of nitrogens with zero attached hydrogens (tertiary/aromatic N) is 1. The Hall–Kier alpha value is -0.0900. The Labute approximate surface area is 60.0 Å². The first kappa shape index (κ1) is 6.04. The zero-order valence-corrected chi connectivity index (χ0v) is 6.71. The Bertz CT molecular complexity index is 176. The first-order valence-corrected chi connectivity index (χ1v) is 3.65. The average Bonchev–Trinajstić information content (AvgIpc) is 1.98. The molecule has 44 valence electrons. The van der Waals surface area contributed by atoms with Gasteiger partial charge in [0.05, 0.1) is 11.4 Å². The highest BCUT2D eigenvalue weighted by Crippen LogP contribution is 2.26. The molecule has 0 aliphatic carbocycles. The monoisotopic (exact) mass is 192 g/mol. The van der Waals surface area contributed by atoms with E-state index in [4.69, 9.17) is 5.73 Å². The molecular formula is C4H5BrN2S. The molecule has 2 nitrogen and oxygen atoms in total. The van der Waals surface area contributed by atoms with Gasteiger partial charge < -0.3 is 5.73 Å². The van der Waals surface area contributed by atoms with Crippen molar-refractivity contribution in [3.8, 4) is 0 Å². The predicted molar refractivity (Wildman–Crippen MR) is 39.0 cm³/mol. The molecule has 0 saturated heterocycles. The molecule has 0 spiro atoms. The molecule has 0 saturated carbocycles. The average molecular weight is 193 g/mol.